The molecule has 0 saturated carbocycles. The molecule has 0 aliphatic heterocycles. The highest BCUT2D eigenvalue weighted by Crippen LogP contribution is 2.24. The fraction of sp³-hybridized carbons (Fsp3) is 0.429. The SMILES string of the molecule is Cn1cc(NC(=O)C2CCc3nn(C)c(=O)cc3C2)cn1. The molecule has 7 nitrogen and oxygen atoms in total. The molecule has 21 heavy (non-hydrogen) atoms. The predicted octanol–water partition coefficient (Wildman–Crippen LogP) is 0.257. The Labute approximate surface area is 121 Å². The van der Waals surface area contributed by atoms with Crippen molar-refractivity contribution in [2.45, 2.75) is 19.3 Å². The van der Waals surface area contributed by atoms with Gasteiger partial charge in [-0.2, -0.15) is 10.2 Å². The molecule has 1 aliphatic rings. The van der Waals surface area contributed by atoms with Crippen LogP contribution < -0.4 is 10.9 Å². The third-order valence-corrected chi connectivity index (χ3v) is 3.80. The summed E-state index contributed by atoms with van der Waals surface area (Å²) in [4.78, 5) is 23.9. The Kier molecular flexibility index (Phi) is 3.32. The van der Waals surface area contributed by atoms with Crippen LogP contribution in [0, 0.1) is 5.92 Å². The largest absolute Gasteiger partial charge is 0.323 e. The van der Waals surface area contributed by atoms with Crippen LogP contribution >= 0.6 is 0 Å². The van der Waals surface area contributed by atoms with Crippen LogP contribution in [0.1, 0.15) is 17.7 Å². The van der Waals surface area contributed by atoms with E-state index in [1.807, 2.05) is 0 Å². The van der Waals surface area contributed by atoms with Gasteiger partial charge in [0, 0.05) is 32.3 Å². The predicted molar refractivity (Wildman–Crippen MR) is 76.8 cm³/mol. The molecule has 0 bridgehead atoms. The van der Waals surface area contributed by atoms with Crippen molar-refractivity contribution in [3.05, 3.63) is 40.1 Å². The maximum Gasteiger partial charge on any atom is 0.266 e. The van der Waals surface area contributed by atoms with E-state index in [0.29, 0.717) is 18.5 Å². The molecule has 1 aliphatic carbocycles. The lowest BCUT2D eigenvalue weighted by atomic mass is 9.86. The molecule has 2 aromatic heterocycles. The maximum absolute atomic E-state index is 12.3. The van der Waals surface area contributed by atoms with Crippen LogP contribution in [0.15, 0.2) is 23.3 Å². The number of aryl methyl sites for hydroxylation is 3. The summed E-state index contributed by atoms with van der Waals surface area (Å²) < 4.78 is 2.98. The summed E-state index contributed by atoms with van der Waals surface area (Å²) in [7, 11) is 3.44. The van der Waals surface area contributed by atoms with Crippen LogP contribution in [0.5, 0.6) is 0 Å². The van der Waals surface area contributed by atoms with Crippen molar-refractivity contribution >= 4 is 11.6 Å². The summed E-state index contributed by atoms with van der Waals surface area (Å²) in [5.74, 6) is -0.166. The van der Waals surface area contributed by atoms with Gasteiger partial charge in [-0.1, -0.05) is 0 Å². The first kappa shape index (κ1) is 13.5. The summed E-state index contributed by atoms with van der Waals surface area (Å²) in [6.07, 6.45) is 5.39. The van der Waals surface area contributed by atoms with Gasteiger partial charge in [-0.15, -0.1) is 0 Å². The molecule has 0 spiro atoms. The van der Waals surface area contributed by atoms with E-state index in [0.717, 1.165) is 17.7 Å². The topological polar surface area (TPSA) is 81.8 Å². The average Bonchev–Trinajstić information content (AvgIpc) is 2.85. The second-order valence-electron chi connectivity index (χ2n) is 5.41. The number of nitrogens with one attached hydrogen (secondary N) is 1. The molecular weight excluding hydrogens is 270 g/mol. The molecule has 110 valence electrons. The quantitative estimate of drug-likeness (QED) is 0.859. The third kappa shape index (κ3) is 2.72. The first-order chi connectivity index (χ1) is 10.0. The standard InChI is InChI=1S/C14H17N5O2/c1-18-8-11(7-15-18)16-14(21)9-3-4-12-10(5-9)6-13(20)19(2)17-12/h6-9H,3-5H2,1-2H3,(H,16,21). The highest BCUT2D eigenvalue weighted by atomic mass is 16.2. The Hall–Kier alpha value is -2.44. The first-order valence-corrected chi connectivity index (χ1v) is 6.88. The third-order valence-electron chi connectivity index (χ3n) is 3.80. The minimum Gasteiger partial charge on any atom is -0.323 e. The number of hydrogen-bond acceptors (Lipinski definition) is 4. The van der Waals surface area contributed by atoms with E-state index in [4.69, 9.17) is 0 Å². The minimum absolute atomic E-state index is 0.0330. The molecule has 0 radical (unpaired) electrons. The number of fused-ring (bicyclic) bond motifs is 1. The zero-order valence-electron chi connectivity index (χ0n) is 12.0. The molecule has 0 fully saturated rings. The van der Waals surface area contributed by atoms with Crippen LogP contribution in [0.3, 0.4) is 0 Å². The fourth-order valence-corrected chi connectivity index (χ4v) is 2.64. The van der Waals surface area contributed by atoms with Crippen molar-refractivity contribution in [3.63, 3.8) is 0 Å². The number of hydrogen-bond donors (Lipinski definition) is 1. The number of rotatable bonds is 2. The summed E-state index contributed by atoms with van der Waals surface area (Å²) in [6, 6.07) is 1.59. The molecule has 2 aromatic rings. The van der Waals surface area contributed by atoms with Gasteiger partial charge in [-0.25, -0.2) is 4.68 Å². The Balaban J connectivity index is 1.75. The highest BCUT2D eigenvalue weighted by Gasteiger charge is 2.26. The number of aromatic nitrogens is 4. The zero-order valence-corrected chi connectivity index (χ0v) is 12.0. The molecule has 0 aromatic carbocycles. The van der Waals surface area contributed by atoms with Crippen molar-refractivity contribution < 1.29 is 4.79 Å². The second kappa shape index (κ2) is 5.16. The molecular formula is C14H17N5O2. The van der Waals surface area contributed by atoms with E-state index in [2.05, 4.69) is 15.5 Å². The minimum atomic E-state index is -0.137. The van der Waals surface area contributed by atoms with E-state index in [-0.39, 0.29) is 17.4 Å². The Morgan fingerprint density at radius 3 is 2.95 bits per heavy atom. The van der Waals surface area contributed by atoms with Gasteiger partial charge in [0.2, 0.25) is 5.91 Å². The van der Waals surface area contributed by atoms with Crippen molar-refractivity contribution in [2.75, 3.05) is 5.32 Å². The molecule has 3 rings (SSSR count). The monoisotopic (exact) mass is 287 g/mol. The van der Waals surface area contributed by atoms with Crippen molar-refractivity contribution in [3.8, 4) is 0 Å². The van der Waals surface area contributed by atoms with E-state index >= 15 is 0 Å². The molecule has 1 N–H and O–H groups in total. The number of carbonyl (C=O) groups excluding carboxylic acids is 1. The Morgan fingerprint density at radius 2 is 2.24 bits per heavy atom. The smallest absolute Gasteiger partial charge is 0.266 e. The number of amides is 1. The van der Waals surface area contributed by atoms with Gasteiger partial charge in [0.25, 0.3) is 5.56 Å². The van der Waals surface area contributed by atoms with Gasteiger partial charge >= 0.3 is 0 Å². The average molecular weight is 287 g/mol. The van der Waals surface area contributed by atoms with Crippen molar-refractivity contribution in [1.29, 1.82) is 0 Å². The van der Waals surface area contributed by atoms with E-state index < -0.39 is 0 Å². The molecule has 7 heteroatoms. The van der Waals surface area contributed by atoms with Crippen LogP contribution in [0.25, 0.3) is 0 Å². The van der Waals surface area contributed by atoms with Gasteiger partial charge in [0.1, 0.15) is 0 Å². The van der Waals surface area contributed by atoms with E-state index in [1.54, 1.807) is 37.2 Å². The maximum atomic E-state index is 12.3. The Morgan fingerprint density at radius 1 is 1.43 bits per heavy atom. The van der Waals surface area contributed by atoms with Gasteiger partial charge in [0.05, 0.1) is 17.6 Å². The number of nitrogens with zero attached hydrogens (tertiary/aromatic N) is 4. The molecule has 1 atom stereocenters. The Bertz CT molecular complexity index is 746. The van der Waals surface area contributed by atoms with Crippen molar-refractivity contribution in [2.24, 2.45) is 20.0 Å². The van der Waals surface area contributed by atoms with Gasteiger partial charge in [-0.05, 0) is 24.8 Å². The zero-order chi connectivity index (χ0) is 15.0. The second-order valence-corrected chi connectivity index (χ2v) is 5.41. The lowest BCUT2D eigenvalue weighted by Crippen LogP contribution is -2.31. The van der Waals surface area contributed by atoms with Gasteiger partial charge in [-0.3, -0.25) is 14.3 Å². The van der Waals surface area contributed by atoms with Gasteiger partial charge in [0.15, 0.2) is 0 Å². The van der Waals surface area contributed by atoms with Crippen LogP contribution in [-0.4, -0.2) is 25.5 Å². The normalized spacial score (nSPS) is 17.3. The van der Waals surface area contributed by atoms with Crippen molar-refractivity contribution in [1.82, 2.24) is 19.6 Å². The summed E-state index contributed by atoms with van der Waals surface area (Å²) >= 11 is 0. The van der Waals surface area contributed by atoms with Crippen LogP contribution in [0.4, 0.5) is 5.69 Å². The van der Waals surface area contributed by atoms with Crippen LogP contribution in [-0.2, 0) is 31.7 Å². The molecule has 1 unspecified atom stereocenters. The number of anilines is 1. The van der Waals surface area contributed by atoms with E-state index in [1.165, 1.54) is 4.68 Å². The van der Waals surface area contributed by atoms with E-state index in [9.17, 15) is 9.59 Å². The summed E-state index contributed by atoms with van der Waals surface area (Å²) in [6.45, 7) is 0. The summed E-state index contributed by atoms with van der Waals surface area (Å²) in [5.41, 5.74) is 2.36. The lowest BCUT2D eigenvalue weighted by molar-refractivity contribution is -0.120. The fourth-order valence-electron chi connectivity index (χ4n) is 2.64. The highest BCUT2D eigenvalue weighted by molar-refractivity contribution is 5.92. The molecule has 2 heterocycles. The first-order valence-electron chi connectivity index (χ1n) is 6.88. The lowest BCUT2D eigenvalue weighted by Gasteiger charge is -2.22. The molecule has 1 amide bonds. The van der Waals surface area contributed by atoms with Crippen LogP contribution in [0.2, 0.25) is 0 Å². The van der Waals surface area contributed by atoms with Gasteiger partial charge < -0.3 is 5.32 Å². The summed E-state index contributed by atoms with van der Waals surface area (Å²) in [5, 5.41) is 11.1. The number of carbonyl (C=O) groups is 1. The molecule has 0 saturated heterocycles.